The van der Waals surface area contributed by atoms with Crippen LogP contribution in [0, 0.1) is 0 Å². The summed E-state index contributed by atoms with van der Waals surface area (Å²) in [6.45, 7) is 3.65. The van der Waals surface area contributed by atoms with Crippen LogP contribution < -0.4 is 21.3 Å². The van der Waals surface area contributed by atoms with E-state index in [1.165, 1.54) is 0 Å². The molecular weight excluding hydrogens is 416 g/mol. The van der Waals surface area contributed by atoms with E-state index in [4.69, 9.17) is 9.47 Å². The fraction of sp³-hybridized carbons (Fsp3) is 0.545. The van der Waals surface area contributed by atoms with Crippen molar-refractivity contribution >= 4 is 23.8 Å². The Morgan fingerprint density at radius 1 is 0.844 bits per heavy atom. The highest BCUT2D eigenvalue weighted by Gasteiger charge is 2.06. The number of alkyl carbamates (subject to hydrolysis) is 1. The summed E-state index contributed by atoms with van der Waals surface area (Å²) in [5.74, 6) is -0.520. The van der Waals surface area contributed by atoms with E-state index >= 15 is 0 Å². The van der Waals surface area contributed by atoms with Gasteiger partial charge in [-0.05, 0) is 17.5 Å². The predicted octanol–water partition coefficient (Wildman–Crippen LogP) is 0.641. The standard InChI is InChI=1S/C22H34N4O6/c1-3-10-25-22(30)32-13-4-12-31-16-21(29)26-15-18-7-5-17(6-8-18)14-20(28)24-11-9-19(27)23-2/h5-8H,3-4,9-16H2,1-2H3,(H,23,27)(H,24,28)(H,25,30)(H,26,29). The maximum Gasteiger partial charge on any atom is 0.407 e. The van der Waals surface area contributed by atoms with Gasteiger partial charge in [-0.2, -0.15) is 0 Å². The fourth-order valence-corrected chi connectivity index (χ4v) is 2.48. The quantitative estimate of drug-likeness (QED) is 0.290. The van der Waals surface area contributed by atoms with Crippen molar-refractivity contribution in [3.63, 3.8) is 0 Å². The number of ether oxygens (including phenoxy) is 2. The topological polar surface area (TPSA) is 135 Å². The average Bonchev–Trinajstić information content (AvgIpc) is 2.79. The molecule has 0 aliphatic heterocycles. The smallest absolute Gasteiger partial charge is 0.407 e. The van der Waals surface area contributed by atoms with Crippen molar-refractivity contribution < 1.29 is 28.7 Å². The minimum absolute atomic E-state index is 0.0731. The second-order valence-electron chi connectivity index (χ2n) is 7.01. The SMILES string of the molecule is CCCNC(=O)OCCCOCC(=O)NCc1ccc(CC(=O)NCCC(=O)NC)cc1. The molecule has 0 fully saturated rings. The molecule has 0 aliphatic carbocycles. The van der Waals surface area contributed by atoms with Gasteiger partial charge in [-0.15, -0.1) is 0 Å². The Labute approximate surface area is 188 Å². The lowest BCUT2D eigenvalue weighted by atomic mass is 10.1. The first-order chi connectivity index (χ1) is 15.4. The highest BCUT2D eigenvalue weighted by Crippen LogP contribution is 2.05. The minimum atomic E-state index is -0.447. The van der Waals surface area contributed by atoms with Gasteiger partial charge >= 0.3 is 6.09 Å². The van der Waals surface area contributed by atoms with E-state index in [2.05, 4.69) is 21.3 Å². The molecular formula is C22H34N4O6. The third kappa shape index (κ3) is 13.2. The summed E-state index contributed by atoms with van der Waals surface area (Å²) < 4.78 is 10.2. The number of carbonyl (C=O) groups excluding carboxylic acids is 4. The van der Waals surface area contributed by atoms with Crippen molar-refractivity contribution in [1.29, 1.82) is 0 Å². The first-order valence-electron chi connectivity index (χ1n) is 10.7. The van der Waals surface area contributed by atoms with Gasteiger partial charge in [0.1, 0.15) is 6.61 Å². The van der Waals surface area contributed by atoms with Crippen molar-refractivity contribution in [3.8, 4) is 0 Å². The highest BCUT2D eigenvalue weighted by molar-refractivity contribution is 5.80. The Morgan fingerprint density at radius 3 is 2.25 bits per heavy atom. The molecule has 10 heteroatoms. The summed E-state index contributed by atoms with van der Waals surface area (Å²) in [6, 6.07) is 7.34. The summed E-state index contributed by atoms with van der Waals surface area (Å²) in [4.78, 5) is 46.1. The van der Waals surface area contributed by atoms with Gasteiger partial charge in [0.15, 0.2) is 0 Å². The van der Waals surface area contributed by atoms with E-state index in [0.29, 0.717) is 32.7 Å². The predicted molar refractivity (Wildman–Crippen MR) is 119 cm³/mol. The number of rotatable bonds is 15. The molecule has 1 rings (SSSR count). The van der Waals surface area contributed by atoms with Crippen molar-refractivity contribution in [2.45, 2.75) is 39.2 Å². The minimum Gasteiger partial charge on any atom is -0.449 e. The summed E-state index contributed by atoms with van der Waals surface area (Å²) >= 11 is 0. The zero-order chi connectivity index (χ0) is 23.6. The summed E-state index contributed by atoms with van der Waals surface area (Å²) in [5.41, 5.74) is 1.74. The largest absolute Gasteiger partial charge is 0.449 e. The Kier molecular flexibility index (Phi) is 13.9. The molecule has 0 bridgehead atoms. The average molecular weight is 451 g/mol. The molecule has 1 aromatic carbocycles. The van der Waals surface area contributed by atoms with Crippen LogP contribution in [0.15, 0.2) is 24.3 Å². The van der Waals surface area contributed by atoms with E-state index in [0.717, 1.165) is 17.5 Å². The maximum absolute atomic E-state index is 11.9. The van der Waals surface area contributed by atoms with Crippen LogP contribution in [0.25, 0.3) is 0 Å². The molecule has 0 spiro atoms. The number of benzene rings is 1. The van der Waals surface area contributed by atoms with Gasteiger partial charge in [0.05, 0.1) is 19.6 Å². The third-order valence-electron chi connectivity index (χ3n) is 4.25. The normalized spacial score (nSPS) is 10.2. The van der Waals surface area contributed by atoms with E-state index in [-0.39, 0.29) is 43.8 Å². The molecule has 0 aromatic heterocycles. The zero-order valence-electron chi connectivity index (χ0n) is 18.8. The molecule has 1 aromatic rings. The Morgan fingerprint density at radius 2 is 1.56 bits per heavy atom. The van der Waals surface area contributed by atoms with Crippen LogP contribution in [0.5, 0.6) is 0 Å². The second-order valence-corrected chi connectivity index (χ2v) is 7.01. The summed E-state index contributed by atoms with van der Waals surface area (Å²) in [5, 5.41) is 10.6. The molecule has 0 unspecified atom stereocenters. The second kappa shape index (κ2) is 16.5. The zero-order valence-corrected chi connectivity index (χ0v) is 18.8. The molecule has 0 heterocycles. The van der Waals surface area contributed by atoms with Crippen LogP contribution in [-0.2, 0) is 36.8 Å². The van der Waals surface area contributed by atoms with Gasteiger partial charge in [0, 0.05) is 39.5 Å². The summed E-state index contributed by atoms with van der Waals surface area (Å²) in [7, 11) is 1.55. The monoisotopic (exact) mass is 450 g/mol. The molecule has 0 saturated heterocycles. The number of hydrogen-bond donors (Lipinski definition) is 4. The number of hydrogen-bond acceptors (Lipinski definition) is 6. The molecule has 0 aliphatic rings. The molecule has 0 saturated carbocycles. The van der Waals surface area contributed by atoms with Gasteiger partial charge in [0.25, 0.3) is 0 Å². The molecule has 4 N–H and O–H groups in total. The first-order valence-corrected chi connectivity index (χ1v) is 10.7. The van der Waals surface area contributed by atoms with Crippen LogP contribution >= 0.6 is 0 Å². The van der Waals surface area contributed by atoms with E-state index in [1.807, 2.05) is 31.2 Å². The Balaban J connectivity index is 2.14. The molecule has 178 valence electrons. The van der Waals surface area contributed by atoms with E-state index in [1.54, 1.807) is 7.05 Å². The first kappa shape index (κ1) is 26.9. The maximum atomic E-state index is 11.9. The van der Waals surface area contributed by atoms with Gasteiger partial charge in [-0.1, -0.05) is 31.2 Å². The molecule has 10 nitrogen and oxygen atoms in total. The lowest BCUT2D eigenvalue weighted by Gasteiger charge is -2.08. The fourth-order valence-electron chi connectivity index (χ4n) is 2.48. The molecule has 0 atom stereocenters. The van der Waals surface area contributed by atoms with E-state index in [9.17, 15) is 19.2 Å². The van der Waals surface area contributed by atoms with Crippen LogP contribution in [0.2, 0.25) is 0 Å². The van der Waals surface area contributed by atoms with Crippen molar-refractivity contribution in [1.82, 2.24) is 21.3 Å². The van der Waals surface area contributed by atoms with Crippen molar-refractivity contribution in [2.75, 3.05) is 40.0 Å². The van der Waals surface area contributed by atoms with Gasteiger partial charge in [-0.3, -0.25) is 14.4 Å². The van der Waals surface area contributed by atoms with Crippen LogP contribution in [-0.4, -0.2) is 63.8 Å². The number of amides is 4. The summed E-state index contributed by atoms with van der Waals surface area (Å²) in [6.07, 6.45) is 1.37. The van der Waals surface area contributed by atoms with Gasteiger partial charge in [-0.25, -0.2) is 4.79 Å². The van der Waals surface area contributed by atoms with Crippen LogP contribution in [0.4, 0.5) is 4.79 Å². The van der Waals surface area contributed by atoms with Gasteiger partial charge in [0.2, 0.25) is 17.7 Å². The Hall–Kier alpha value is -3.14. The van der Waals surface area contributed by atoms with Gasteiger partial charge < -0.3 is 30.7 Å². The highest BCUT2D eigenvalue weighted by atomic mass is 16.5. The van der Waals surface area contributed by atoms with Crippen LogP contribution in [0.1, 0.15) is 37.3 Å². The lowest BCUT2D eigenvalue weighted by Crippen LogP contribution is -2.30. The van der Waals surface area contributed by atoms with Crippen LogP contribution in [0.3, 0.4) is 0 Å². The van der Waals surface area contributed by atoms with Crippen molar-refractivity contribution in [2.24, 2.45) is 0 Å². The molecule has 0 radical (unpaired) electrons. The van der Waals surface area contributed by atoms with Crippen molar-refractivity contribution in [3.05, 3.63) is 35.4 Å². The Bertz CT molecular complexity index is 724. The molecule has 4 amide bonds. The lowest BCUT2D eigenvalue weighted by molar-refractivity contribution is -0.126. The number of carbonyl (C=O) groups is 4. The van der Waals surface area contributed by atoms with E-state index < -0.39 is 6.09 Å². The number of nitrogens with one attached hydrogen (secondary N) is 4. The third-order valence-corrected chi connectivity index (χ3v) is 4.25. The molecule has 32 heavy (non-hydrogen) atoms.